The lowest BCUT2D eigenvalue weighted by atomic mass is 10.1. The van der Waals surface area contributed by atoms with Crippen molar-refractivity contribution in [3.63, 3.8) is 0 Å². The Kier molecular flexibility index (Phi) is 4.12. The topological polar surface area (TPSA) is 73.1 Å². The normalized spacial score (nSPS) is 16.2. The third-order valence-corrected chi connectivity index (χ3v) is 4.34. The van der Waals surface area contributed by atoms with Crippen LogP contribution in [0, 0.1) is 12.8 Å². The average molecular weight is 349 g/mol. The Morgan fingerprint density at radius 2 is 1.96 bits per heavy atom. The van der Waals surface area contributed by atoms with Crippen LogP contribution in [0.2, 0.25) is 0 Å². The number of benzene rings is 1. The third kappa shape index (κ3) is 3.03. The summed E-state index contributed by atoms with van der Waals surface area (Å²) in [5.74, 6) is 2.02. The minimum absolute atomic E-state index is 0.0913. The highest BCUT2D eigenvalue weighted by Gasteiger charge is 2.29. The van der Waals surface area contributed by atoms with Crippen LogP contribution >= 0.6 is 0 Å². The molecule has 1 atom stereocenters. The molecule has 1 unspecified atom stereocenters. The second kappa shape index (κ2) is 6.59. The fourth-order valence-electron chi connectivity index (χ4n) is 3.03. The maximum Gasteiger partial charge on any atom is 0.260 e. The van der Waals surface area contributed by atoms with Gasteiger partial charge in [0.1, 0.15) is 12.1 Å². The number of aryl methyl sites for hydroxylation is 1. The number of pyridine rings is 1. The molecule has 0 spiro atoms. The number of ether oxygens (including phenoxy) is 1. The van der Waals surface area contributed by atoms with Gasteiger partial charge >= 0.3 is 0 Å². The number of fused-ring (bicyclic) bond motifs is 1. The number of carbonyl (C=O) groups is 1. The van der Waals surface area contributed by atoms with Crippen LogP contribution in [-0.4, -0.2) is 32.2 Å². The molecule has 0 bridgehead atoms. The van der Waals surface area contributed by atoms with Crippen molar-refractivity contribution in [3.05, 3.63) is 60.0 Å². The zero-order valence-electron chi connectivity index (χ0n) is 14.7. The van der Waals surface area contributed by atoms with Gasteiger partial charge in [0.05, 0.1) is 0 Å². The fourth-order valence-corrected chi connectivity index (χ4v) is 3.03. The number of aromatic nitrogens is 4. The minimum atomic E-state index is -0.0913. The van der Waals surface area contributed by atoms with Crippen molar-refractivity contribution >= 4 is 11.9 Å². The Balaban J connectivity index is 1.54. The molecule has 1 aromatic carbocycles. The van der Waals surface area contributed by atoms with Gasteiger partial charge in [-0.15, -0.1) is 0 Å². The Bertz CT molecular complexity index is 935. The Hall–Kier alpha value is -3.22. The van der Waals surface area contributed by atoms with Gasteiger partial charge in [0.2, 0.25) is 11.8 Å². The number of anilines is 1. The van der Waals surface area contributed by atoms with E-state index in [9.17, 15) is 4.79 Å². The molecule has 0 N–H and O–H groups in total. The van der Waals surface area contributed by atoms with Crippen LogP contribution in [-0.2, 0) is 6.54 Å². The summed E-state index contributed by atoms with van der Waals surface area (Å²) in [7, 11) is 0. The Morgan fingerprint density at radius 3 is 2.73 bits per heavy atom. The second-order valence-electron chi connectivity index (χ2n) is 6.51. The Labute approximate surface area is 151 Å². The summed E-state index contributed by atoms with van der Waals surface area (Å²) in [5.41, 5.74) is 1.54. The molecular formula is C19H19N5O2. The van der Waals surface area contributed by atoms with Crippen molar-refractivity contribution in [3.8, 4) is 11.6 Å². The van der Waals surface area contributed by atoms with E-state index in [4.69, 9.17) is 4.74 Å². The van der Waals surface area contributed by atoms with Gasteiger partial charge in [-0.25, -0.2) is 9.67 Å². The van der Waals surface area contributed by atoms with E-state index in [1.807, 2.05) is 19.1 Å². The summed E-state index contributed by atoms with van der Waals surface area (Å²) in [6.45, 7) is 5.43. The first-order chi connectivity index (χ1) is 12.6. The standard InChI is InChI=1S/C19H19N5O2/c1-13-10-23(19-21-12-22-24(19)11-13)18(25)15-5-7-16(8-6-15)26-17-14(2)4-3-9-20-17/h3-9,12-13H,10-11H2,1-2H3. The van der Waals surface area contributed by atoms with Crippen LogP contribution in [0.25, 0.3) is 0 Å². The van der Waals surface area contributed by atoms with Crippen LogP contribution in [0.5, 0.6) is 11.6 Å². The van der Waals surface area contributed by atoms with E-state index in [1.54, 1.807) is 40.0 Å². The summed E-state index contributed by atoms with van der Waals surface area (Å²) in [6, 6.07) is 10.9. The minimum Gasteiger partial charge on any atom is -0.439 e. The van der Waals surface area contributed by atoms with E-state index < -0.39 is 0 Å². The van der Waals surface area contributed by atoms with Gasteiger partial charge in [0, 0.05) is 30.4 Å². The monoisotopic (exact) mass is 349 g/mol. The van der Waals surface area contributed by atoms with Crippen LogP contribution in [0.3, 0.4) is 0 Å². The van der Waals surface area contributed by atoms with Crippen molar-refractivity contribution in [1.29, 1.82) is 0 Å². The maximum atomic E-state index is 12.9. The highest BCUT2D eigenvalue weighted by atomic mass is 16.5. The van der Waals surface area contributed by atoms with Crippen LogP contribution < -0.4 is 9.64 Å². The lowest BCUT2D eigenvalue weighted by Crippen LogP contribution is -2.42. The summed E-state index contributed by atoms with van der Waals surface area (Å²) in [4.78, 5) is 23.0. The van der Waals surface area contributed by atoms with E-state index in [0.29, 0.717) is 35.6 Å². The van der Waals surface area contributed by atoms with Crippen LogP contribution in [0.4, 0.5) is 5.95 Å². The largest absolute Gasteiger partial charge is 0.439 e. The molecule has 0 saturated carbocycles. The zero-order chi connectivity index (χ0) is 18.1. The lowest BCUT2D eigenvalue weighted by Gasteiger charge is -2.30. The third-order valence-electron chi connectivity index (χ3n) is 4.34. The van der Waals surface area contributed by atoms with Gasteiger partial charge in [-0.05, 0) is 43.2 Å². The highest BCUT2D eigenvalue weighted by molar-refractivity contribution is 6.05. The van der Waals surface area contributed by atoms with E-state index in [0.717, 1.165) is 12.1 Å². The molecule has 0 saturated heterocycles. The lowest BCUT2D eigenvalue weighted by molar-refractivity contribution is 0.0974. The Morgan fingerprint density at radius 1 is 1.15 bits per heavy atom. The van der Waals surface area contributed by atoms with Crippen molar-refractivity contribution in [2.24, 2.45) is 5.92 Å². The molecule has 0 fully saturated rings. The molecule has 4 rings (SSSR count). The number of carbonyl (C=O) groups excluding carboxylic acids is 1. The first-order valence-corrected chi connectivity index (χ1v) is 8.51. The van der Waals surface area contributed by atoms with Crippen molar-refractivity contribution < 1.29 is 9.53 Å². The van der Waals surface area contributed by atoms with Gasteiger partial charge in [-0.2, -0.15) is 10.1 Å². The van der Waals surface area contributed by atoms with Gasteiger partial charge in [-0.3, -0.25) is 9.69 Å². The van der Waals surface area contributed by atoms with E-state index in [2.05, 4.69) is 22.0 Å². The molecule has 3 aromatic rings. The molecule has 0 radical (unpaired) electrons. The fraction of sp³-hybridized carbons (Fsp3) is 0.263. The second-order valence-corrected chi connectivity index (χ2v) is 6.51. The van der Waals surface area contributed by atoms with E-state index in [-0.39, 0.29) is 5.91 Å². The number of amides is 1. The maximum absolute atomic E-state index is 12.9. The molecule has 3 heterocycles. The average Bonchev–Trinajstić information content (AvgIpc) is 3.11. The quantitative estimate of drug-likeness (QED) is 0.726. The molecule has 1 aliphatic rings. The summed E-state index contributed by atoms with van der Waals surface area (Å²) < 4.78 is 7.56. The molecule has 7 heteroatoms. The van der Waals surface area contributed by atoms with Crippen molar-refractivity contribution in [1.82, 2.24) is 19.7 Å². The SMILES string of the molecule is Cc1cccnc1Oc1ccc(C(=O)N2CC(C)Cn3ncnc32)cc1. The van der Waals surface area contributed by atoms with Gasteiger partial charge in [0.15, 0.2) is 0 Å². The molecule has 7 nitrogen and oxygen atoms in total. The predicted octanol–water partition coefficient (Wildman–Crippen LogP) is 3.07. The van der Waals surface area contributed by atoms with Gasteiger partial charge < -0.3 is 4.74 Å². The number of hydrogen-bond acceptors (Lipinski definition) is 5. The van der Waals surface area contributed by atoms with Crippen molar-refractivity contribution in [2.75, 3.05) is 11.4 Å². The predicted molar refractivity (Wildman–Crippen MR) is 96.4 cm³/mol. The smallest absolute Gasteiger partial charge is 0.260 e. The molecule has 1 aliphatic heterocycles. The molecule has 1 amide bonds. The van der Waals surface area contributed by atoms with Gasteiger partial charge in [0.25, 0.3) is 5.91 Å². The summed E-state index contributed by atoms with van der Waals surface area (Å²) in [6.07, 6.45) is 3.17. The molecule has 26 heavy (non-hydrogen) atoms. The van der Waals surface area contributed by atoms with Crippen LogP contribution in [0.15, 0.2) is 48.9 Å². The summed E-state index contributed by atoms with van der Waals surface area (Å²) in [5, 5.41) is 4.19. The zero-order valence-corrected chi connectivity index (χ0v) is 14.7. The number of rotatable bonds is 3. The van der Waals surface area contributed by atoms with E-state index >= 15 is 0 Å². The van der Waals surface area contributed by atoms with Crippen molar-refractivity contribution in [2.45, 2.75) is 20.4 Å². The number of hydrogen-bond donors (Lipinski definition) is 0. The highest BCUT2D eigenvalue weighted by Crippen LogP contribution is 2.25. The molecular weight excluding hydrogens is 330 g/mol. The molecule has 0 aliphatic carbocycles. The van der Waals surface area contributed by atoms with Crippen LogP contribution in [0.1, 0.15) is 22.8 Å². The van der Waals surface area contributed by atoms with Gasteiger partial charge in [-0.1, -0.05) is 13.0 Å². The summed E-state index contributed by atoms with van der Waals surface area (Å²) >= 11 is 0. The van der Waals surface area contributed by atoms with E-state index in [1.165, 1.54) is 6.33 Å². The first-order valence-electron chi connectivity index (χ1n) is 8.51. The number of nitrogens with zero attached hydrogens (tertiary/aromatic N) is 5. The molecule has 2 aromatic heterocycles. The molecule has 132 valence electrons. The first kappa shape index (κ1) is 16.3.